The van der Waals surface area contributed by atoms with Gasteiger partial charge in [0.25, 0.3) is 5.56 Å². The van der Waals surface area contributed by atoms with Crippen LogP contribution in [-0.4, -0.2) is 59.0 Å². The van der Waals surface area contributed by atoms with Crippen molar-refractivity contribution < 1.29 is 4.79 Å². The second kappa shape index (κ2) is 9.35. The maximum absolute atomic E-state index is 12.2. The molecule has 1 aromatic carbocycles. The Morgan fingerprint density at radius 1 is 1.24 bits per heavy atom. The Hall–Kier alpha value is -2.57. The highest BCUT2D eigenvalue weighted by Crippen LogP contribution is 2.36. The number of H-pyrrole nitrogens is 1. The zero-order chi connectivity index (χ0) is 23.9. The van der Waals surface area contributed by atoms with E-state index in [0.717, 1.165) is 54.7 Å². The second-order valence-corrected chi connectivity index (χ2v) is 9.75. The lowest BCUT2D eigenvalue weighted by Crippen LogP contribution is -2.40. The monoisotopic (exact) mass is 468 g/mol. The summed E-state index contributed by atoms with van der Waals surface area (Å²) in [5, 5.41) is 1.51. The van der Waals surface area contributed by atoms with Crippen molar-refractivity contribution in [3.63, 3.8) is 0 Å². The van der Waals surface area contributed by atoms with Crippen molar-refractivity contribution >= 4 is 28.4 Å². The number of benzene rings is 1. The maximum atomic E-state index is 12.2. The van der Waals surface area contributed by atoms with E-state index in [9.17, 15) is 9.59 Å². The summed E-state index contributed by atoms with van der Waals surface area (Å²) in [4.78, 5) is 31.8. The molecule has 2 aromatic heterocycles. The third kappa shape index (κ3) is 4.46. The number of nitrogens with one attached hydrogen (secondary N) is 1. The van der Waals surface area contributed by atoms with E-state index in [1.54, 1.807) is 16.5 Å². The van der Waals surface area contributed by atoms with Crippen LogP contribution in [0.3, 0.4) is 0 Å². The molecule has 0 unspecified atom stereocenters. The summed E-state index contributed by atoms with van der Waals surface area (Å²) < 4.78 is 1.55. The number of pyridine rings is 1. The molecule has 3 heterocycles. The molecule has 0 saturated carbocycles. The van der Waals surface area contributed by atoms with Gasteiger partial charge in [0.1, 0.15) is 5.02 Å². The summed E-state index contributed by atoms with van der Waals surface area (Å²) in [6.45, 7) is 6.46. The molecule has 33 heavy (non-hydrogen) atoms. The Bertz CT molecular complexity index is 1250. The minimum Gasteiger partial charge on any atom is -0.354 e. The van der Waals surface area contributed by atoms with Crippen LogP contribution >= 0.6 is 11.6 Å². The summed E-state index contributed by atoms with van der Waals surface area (Å²) in [7, 11) is 5.36. The van der Waals surface area contributed by atoms with Gasteiger partial charge >= 0.3 is 0 Å². The summed E-state index contributed by atoms with van der Waals surface area (Å²) in [6.07, 6.45) is 4.86. The van der Waals surface area contributed by atoms with E-state index >= 15 is 0 Å². The van der Waals surface area contributed by atoms with Crippen LogP contribution < -0.4 is 5.56 Å². The van der Waals surface area contributed by atoms with Crippen molar-refractivity contribution in [1.29, 1.82) is 0 Å². The molecule has 1 aliphatic heterocycles. The molecule has 1 N–H and O–H groups in total. The fraction of sp³-hybridized carbons (Fsp3) is 0.462. The average molecular weight is 469 g/mol. The van der Waals surface area contributed by atoms with E-state index in [0.29, 0.717) is 12.5 Å². The molecule has 1 saturated heterocycles. The standard InChI is InChI=1S/C26H33ClN4O2/c1-6-19-20-13-18(17-9-11-31(12-10-17)15-23(32)29(3)4)7-8-22(20)28-25(19)21-14-30(5)26(33)24(27)16(21)2/h7-8,13-14,17,28H,6,9-12,15H2,1-5H3. The van der Waals surface area contributed by atoms with Gasteiger partial charge in [-0.1, -0.05) is 24.6 Å². The molecule has 0 spiro atoms. The summed E-state index contributed by atoms with van der Waals surface area (Å²) in [5.74, 6) is 0.660. The zero-order valence-corrected chi connectivity index (χ0v) is 20.9. The highest BCUT2D eigenvalue weighted by atomic mass is 35.5. The van der Waals surface area contributed by atoms with Crippen molar-refractivity contribution in [2.45, 2.75) is 39.0 Å². The van der Waals surface area contributed by atoms with E-state index < -0.39 is 0 Å². The molecule has 0 aliphatic carbocycles. The Kier molecular flexibility index (Phi) is 6.68. The first-order valence-corrected chi connectivity index (χ1v) is 12.0. The Morgan fingerprint density at radius 2 is 1.94 bits per heavy atom. The number of hydrogen-bond acceptors (Lipinski definition) is 3. The number of aromatic amines is 1. The first-order valence-electron chi connectivity index (χ1n) is 11.6. The van der Waals surface area contributed by atoms with Gasteiger partial charge in [0.05, 0.1) is 12.2 Å². The maximum Gasteiger partial charge on any atom is 0.269 e. The van der Waals surface area contributed by atoms with Gasteiger partial charge in [-0.15, -0.1) is 0 Å². The highest BCUT2D eigenvalue weighted by Gasteiger charge is 2.24. The number of carbonyl (C=O) groups is 1. The van der Waals surface area contributed by atoms with E-state index in [1.807, 2.05) is 27.2 Å². The molecular formula is C26H33ClN4O2. The molecule has 7 heteroatoms. The number of fused-ring (bicyclic) bond motifs is 1. The fourth-order valence-corrected chi connectivity index (χ4v) is 5.14. The quantitative estimate of drug-likeness (QED) is 0.606. The number of piperidine rings is 1. The van der Waals surface area contributed by atoms with Gasteiger partial charge in [-0.05, 0) is 74.0 Å². The normalized spacial score (nSPS) is 15.3. The number of amides is 1. The average Bonchev–Trinajstić information content (AvgIpc) is 3.18. The van der Waals surface area contributed by atoms with E-state index in [-0.39, 0.29) is 16.5 Å². The third-order valence-corrected chi connectivity index (χ3v) is 7.48. The number of halogens is 1. The third-order valence-electron chi connectivity index (χ3n) is 7.03. The highest BCUT2D eigenvalue weighted by molar-refractivity contribution is 6.31. The summed E-state index contributed by atoms with van der Waals surface area (Å²) in [6, 6.07) is 6.74. The van der Waals surface area contributed by atoms with Crippen LogP contribution in [0.4, 0.5) is 0 Å². The zero-order valence-electron chi connectivity index (χ0n) is 20.2. The minimum atomic E-state index is -0.173. The molecule has 1 fully saturated rings. The number of likely N-dealkylation sites (N-methyl/N-ethyl adjacent to an activating group) is 1. The van der Waals surface area contributed by atoms with Crippen molar-refractivity contribution in [3.8, 4) is 11.3 Å². The number of rotatable bonds is 5. The summed E-state index contributed by atoms with van der Waals surface area (Å²) in [5.41, 5.74) is 6.35. The summed E-state index contributed by atoms with van der Waals surface area (Å²) >= 11 is 6.34. The van der Waals surface area contributed by atoms with Gasteiger partial charge < -0.3 is 14.5 Å². The molecule has 6 nitrogen and oxygen atoms in total. The van der Waals surface area contributed by atoms with Gasteiger partial charge in [0.2, 0.25) is 5.91 Å². The predicted octanol–water partition coefficient (Wildman–Crippen LogP) is 4.33. The van der Waals surface area contributed by atoms with Crippen molar-refractivity contribution in [2.75, 3.05) is 33.7 Å². The van der Waals surface area contributed by atoms with Gasteiger partial charge in [-0.3, -0.25) is 14.5 Å². The first kappa shape index (κ1) is 23.6. The molecule has 3 aromatic rings. The van der Waals surface area contributed by atoms with Crippen LogP contribution in [0.2, 0.25) is 5.02 Å². The number of likely N-dealkylation sites (tertiary alicyclic amines) is 1. The number of hydrogen-bond donors (Lipinski definition) is 1. The lowest BCUT2D eigenvalue weighted by molar-refractivity contribution is -0.130. The van der Waals surface area contributed by atoms with Gasteiger partial charge in [0.15, 0.2) is 0 Å². The topological polar surface area (TPSA) is 61.3 Å². The van der Waals surface area contributed by atoms with Crippen LogP contribution in [0.1, 0.15) is 42.4 Å². The minimum absolute atomic E-state index is 0.163. The predicted molar refractivity (Wildman–Crippen MR) is 135 cm³/mol. The van der Waals surface area contributed by atoms with E-state index in [4.69, 9.17) is 11.6 Å². The lowest BCUT2D eigenvalue weighted by Gasteiger charge is -2.32. The van der Waals surface area contributed by atoms with Crippen LogP contribution in [0.5, 0.6) is 0 Å². The molecular weight excluding hydrogens is 436 g/mol. The fourth-order valence-electron chi connectivity index (χ4n) is 4.91. The first-order chi connectivity index (χ1) is 15.7. The van der Waals surface area contributed by atoms with Crippen molar-refractivity contribution in [2.24, 2.45) is 7.05 Å². The van der Waals surface area contributed by atoms with Crippen molar-refractivity contribution in [3.05, 3.63) is 56.5 Å². The molecule has 176 valence electrons. The van der Waals surface area contributed by atoms with Crippen LogP contribution in [0.15, 0.2) is 29.2 Å². The van der Waals surface area contributed by atoms with Crippen molar-refractivity contribution in [1.82, 2.24) is 19.4 Å². The van der Waals surface area contributed by atoms with Crippen LogP contribution in [0, 0.1) is 6.92 Å². The van der Waals surface area contributed by atoms with Crippen LogP contribution in [-0.2, 0) is 18.3 Å². The molecule has 1 aliphatic rings. The second-order valence-electron chi connectivity index (χ2n) is 9.37. The molecule has 0 atom stereocenters. The Balaban J connectivity index is 1.64. The SMILES string of the molecule is CCc1c(-c2cn(C)c(=O)c(Cl)c2C)[nH]c2ccc(C3CCN(CC(=O)N(C)C)CC3)cc12. The van der Waals surface area contributed by atoms with Gasteiger partial charge in [0, 0.05) is 43.8 Å². The molecule has 0 bridgehead atoms. The number of aryl methyl sites for hydroxylation is 2. The largest absolute Gasteiger partial charge is 0.354 e. The number of aromatic nitrogens is 2. The molecule has 1 amide bonds. The van der Waals surface area contributed by atoms with Gasteiger partial charge in [-0.25, -0.2) is 0 Å². The molecule has 0 radical (unpaired) electrons. The van der Waals surface area contributed by atoms with Crippen LogP contribution in [0.25, 0.3) is 22.2 Å². The molecule has 4 rings (SSSR count). The Morgan fingerprint density at radius 3 is 2.58 bits per heavy atom. The Labute approximate surface area is 200 Å². The van der Waals surface area contributed by atoms with E-state index in [1.165, 1.54) is 16.5 Å². The number of carbonyl (C=O) groups excluding carboxylic acids is 1. The smallest absolute Gasteiger partial charge is 0.269 e. The number of nitrogens with zero attached hydrogens (tertiary/aromatic N) is 3. The van der Waals surface area contributed by atoms with E-state index in [2.05, 4.69) is 35.0 Å². The lowest BCUT2D eigenvalue weighted by atomic mass is 9.88. The van der Waals surface area contributed by atoms with Gasteiger partial charge in [-0.2, -0.15) is 0 Å².